The molecular weight excluding hydrogens is 372 g/mol. The van der Waals surface area contributed by atoms with Crippen LogP contribution >= 0.6 is 11.3 Å². The van der Waals surface area contributed by atoms with Gasteiger partial charge in [-0.25, -0.2) is 4.98 Å². The highest BCUT2D eigenvalue weighted by atomic mass is 32.1. The van der Waals surface area contributed by atoms with Crippen molar-refractivity contribution in [3.05, 3.63) is 53.7 Å². The topological polar surface area (TPSA) is 84.9 Å². The minimum Gasteiger partial charge on any atom is -0.497 e. The number of anilines is 4. The second kappa shape index (κ2) is 7.77. The zero-order valence-electron chi connectivity index (χ0n) is 15.8. The molecule has 0 unspecified atom stereocenters. The first-order valence-electron chi connectivity index (χ1n) is 8.89. The predicted molar refractivity (Wildman–Crippen MR) is 113 cm³/mol. The van der Waals surface area contributed by atoms with Crippen molar-refractivity contribution in [1.29, 1.82) is 0 Å². The van der Waals surface area contributed by atoms with Crippen LogP contribution in [0.5, 0.6) is 5.75 Å². The lowest BCUT2D eigenvalue weighted by molar-refractivity contribution is 0.415. The molecule has 0 aliphatic rings. The smallest absolute Gasteiger partial charge is 0.211 e. The van der Waals surface area contributed by atoms with Crippen LogP contribution in [-0.4, -0.2) is 27.3 Å². The van der Waals surface area contributed by atoms with E-state index in [2.05, 4.69) is 39.7 Å². The predicted octanol–water partition coefficient (Wildman–Crippen LogP) is 5.10. The van der Waals surface area contributed by atoms with Crippen molar-refractivity contribution in [2.24, 2.45) is 0 Å². The van der Waals surface area contributed by atoms with Gasteiger partial charge in [0.05, 0.1) is 18.3 Å². The molecule has 4 rings (SSSR count). The molecule has 4 aromatic rings. The molecule has 28 heavy (non-hydrogen) atoms. The standard InChI is InChI=1S/C20H20N6OS/c1-12(2)19-25-26-20(28-19)24-17-8-7-15-18(23-17)16(9-10-21-15)22-13-5-4-6-14(11-13)27-3/h4-12H,1-3H3,(H,21,22)(H,23,24,26). The number of hydrogen-bond acceptors (Lipinski definition) is 8. The fourth-order valence-corrected chi connectivity index (χ4v) is 3.43. The zero-order chi connectivity index (χ0) is 19.5. The number of fused-ring (bicyclic) bond motifs is 1. The lowest BCUT2D eigenvalue weighted by Gasteiger charge is -2.11. The van der Waals surface area contributed by atoms with Gasteiger partial charge >= 0.3 is 0 Å². The van der Waals surface area contributed by atoms with E-state index in [4.69, 9.17) is 9.72 Å². The van der Waals surface area contributed by atoms with Gasteiger partial charge in [0, 0.05) is 23.9 Å². The molecule has 0 fully saturated rings. The third kappa shape index (κ3) is 3.86. The highest BCUT2D eigenvalue weighted by Gasteiger charge is 2.10. The summed E-state index contributed by atoms with van der Waals surface area (Å²) in [6.07, 6.45) is 1.76. The summed E-state index contributed by atoms with van der Waals surface area (Å²) in [6.45, 7) is 4.20. The molecule has 0 spiro atoms. The van der Waals surface area contributed by atoms with Crippen LogP contribution in [-0.2, 0) is 0 Å². The summed E-state index contributed by atoms with van der Waals surface area (Å²) in [5.41, 5.74) is 3.35. The number of benzene rings is 1. The molecule has 1 aromatic carbocycles. The highest BCUT2D eigenvalue weighted by Crippen LogP contribution is 2.29. The van der Waals surface area contributed by atoms with E-state index < -0.39 is 0 Å². The summed E-state index contributed by atoms with van der Waals surface area (Å²) in [4.78, 5) is 9.15. The Bertz CT molecular complexity index is 1110. The maximum atomic E-state index is 5.29. The fourth-order valence-electron chi connectivity index (χ4n) is 2.68. The van der Waals surface area contributed by atoms with Crippen LogP contribution < -0.4 is 15.4 Å². The van der Waals surface area contributed by atoms with Crippen molar-refractivity contribution >= 4 is 44.7 Å². The maximum absolute atomic E-state index is 5.29. The molecule has 0 atom stereocenters. The molecule has 0 aliphatic heterocycles. The van der Waals surface area contributed by atoms with Gasteiger partial charge in [-0.15, -0.1) is 10.2 Å². The first kappa shape index (κ1) is 18.1. The summed E-state index contributed by atoms with van der Waals surface area (Å²) >= 11 is 1.53. The molecule has 3 aromatic heterocycles. The van der Waals surface area contributed by atoms with E-state index in [1.807, 2.05) is 42.5 Å². The van der Waals surface area contributed by atoms with Crippen LogP contribution in [0.15, 0.2) is 48.7 Å². The van der Waals surface area contributed by atoms with Gasteiger partial charge in [0.1, 0.15) is 22.1 Å². The average Bonchev–Trinajstić information content (AvgIpc) is 3.17. The molecule has 3 heterocycles. The largest absolute Gasteiger partial charge is 0.497 e. The minimum atomic E-state index is 0.348. The Kier molecular flexibility index (Phi) is 5.03. The fraction of sp³-hybridized carbons (Fsp3) is 0.200. The van der Waals surface area contributed by atoms with Gasteiger partial charge in [-0.05, 0) is 30.3 Å². The Labute approximate surface area is 166 Å². The second-order valence-electron chi connectivity index (χ2n) is 6.50. The number of rotatable bonds is 6. The lowest BCUT2D eigenvalue weighted by Crippen LogP contribution is -1.98. The van der Waals surface area contributed by atoms with E-state index in [0.29, 0.717) is 11.7 Å². The Hall–Kier alpha value is -3.26. The average molecular weight is 392 g/mol. The molecule has 7 nitrogen and oxygen atoms in total. The Morgan fingerprint density at radius 2 is 1.93 bits per heavy atom. The Balaban J connectivity index is 1.64. The summed E-state index contributed by atoms with van der Waals surface area (Å²) < 4.78 is 5.29. The Morgan fingerprint density at radius 1 is 1.04 bits per heavy atom. The van der Waals surface area contributed by atoms with Crippen LogP contribution in [0, 0.1) is 0 Å². The molecule has 0 saturated carbocycles. The number of aromatic nitrogens is 4. The number of nitrogens with zero attached hydrogens (tertiary/aromatic N) is 4. The zero-order valence-corrected chi connectivity index (χ0v) is 16.6. The first-order valence-corrected chi connectivity index (χ1v) is 9.71. The number of hydrogen-bond donors (Lipinski definition) is 2. The number of methoxy groups -OCH3 is 1. The maximum Gasteiger partial charge on any atom is 0.211 e. The van der Waals surface area contributed by atoms with Crippen LogP contribution in [0.4, 0.5) is 22.3 Å². The van der Waals surface area contributed by atoms with E-state index in [0.717, 1.165) is 38.3 Å². The van der Waals surface area contributed by atoms with Gasteiger partial charge in [-0.3, -0.25) is 4.98 Å². The highest BCUT2D eigenvalue weighted by molar-refractivity contribution is 7.15. The normalized spacial score (nSPS) is 11.0. The summed E-state index contributed by atoms with van der Waals surface area (Å²) in [6, 6.07) is 13.5. The van der Waals surface area contributed by atoms with Crippen LogP contribution in [0.1, 0.15) is 24.8 Å². The molecule has 8 heteroatoms. The van der Waals surface area contributed by atoms with Gasteiger partial charge in [-0.2, -0.15) is 0 Å². The molecule has 0 aliphatic carbocycles. The van der Waals surface area contributed by atoms with Crippen molar-refractivity contribution < 1.29 is 4.74 Å². The third-order valence-electron chi connectivity index (χ3n) is 4.10. The molecule has 142 valence electrons. The van der Waals surface area contributed by atoms with E-state index in [1.54, 1.807) is 13.3 Å². The van der Waals surface area contributed by atoms with E-state index >= 15 is 0 Å². The van der Waals surface area contributed by atoms with Gasteiger partial charge in [-0.1, -0.05) is 31.3 Å². The van der Waals surface area contributed by atoms with E-state index in [9.17, 15) is 0 Å². The second-order valence-corrected chi connectivity index (χ2v) is 7.51. The first-order chi connectivity index (χ1) is 13.6. The Morgan fingerprint density at radius 3 is 2.71 bits per heavy atom. The number of pyridine rings is 2. The van der Waals surface area contributed by atoms with Crippen LogP contribution in [0.3, 0.4) is 0 Å². The van der Waals surface area contributed by atoms with Crippen molar-refractivity contribution in [1.82, 2.24) is 20.2 Å². The van der Waals surface area contributed by atoms with Gasteiger partial charge in [0.25, 0.3) is 0 Å². The SMILES string of the molecule is COc1cccc(Nc2ccnc3ccc(Nc4nnc(C(C)C)s4)nc23)c1. The summed E-state index contributed by atoms with van der Waals surface area (Å²) in [7, 11) is 1.65. The number of nitrogens with one attached hydrogen (secondary N) is 2. The summed E-state index contributed by atoms with van der Waals surface area (Å²) in [5.74, 6) is 1.83. The molecule has 0 saturated heterocycles. The van der Waals surface area contributed by atoms with Gasteiger partial charge in [0.15, 0.2) is 0 Å². The third-order valence-corrected chi connectivity index (χ3v) is 5.24. The van der Waals surface area contributed by atoms with Crippen molar-refractivity contribution in [2.45, 2.75) is 19.8 Å². The molecular formula is C20H20N6OS. The van der Waals surface area contributed by atoms with Crippen molar-refractivity contribution in [3.8, 4) is 5.75 Å². The monoisotopic (exact) mass is 392 g/mol. The van der Waals surface area contributed by atoms with Crippen LogP contribution in [0.2, 0.25) is 0 Å². The minimum absolute atomic E-state index is 0.348. The van der Waals surface area contributed by atoms with Crippen LogP contribution in [0.25, 0.3) is 11.0 Å². The summed E-state index contributed by atoms with van der Waals surface area (Å²) in [5, 5.41) is 16.7. The molecule has 2 N–H and O–H groups in total. The van der Waals surface area contributed by atoms with E-state index in [1.165, 1.54) is 11.3 Å². The van der Waals surface area contributed by atoms with E-state index in [-0.39, 0.29) is 0 Å². The number of ether oxygens (including phenoxy) is 1. The quantitative estimate of drug-likeness (QED) is 0.472. The van der Waals surface area contributed by atoms with Gasteiger partial charge in [0.2, 0.25) is 5.13 Å². The lowest BCUT2D eigenvalue weighted by atomic mass is 10.2. The molecule has 0 radical (unpaired) electrons. The van der Waals surface area contributed by atoms with Gasteiger partial charge < -0.3 is 15.4 Å². The van der Waals surface area contributed by atoms with Crippen molar-refractivity contribution in [2.75, 3.05) is 17.7 Å². The van der Waals surface area contributed by atoms with Crippen molar-refractivity contribution in [3.63, 3.8) is 0 Å². The molecule has 0 bridgehead atoms. The molecule has 0 amide bonds.